The molecule has 0 saturated carbocycles. The molecule has 36 heavy (non-hydrogen) atoms. The highest BCUT2D eigenvalue weighted by molar-refractivity contribution is 6.24. The minimum atomic E-state index is -2.60. The first-order valence-electron chi connectivity index (χ1n) is 11.1. The van der Waals surface area contributed by atoms with Crippen LogP contribution in [-0.2, 0) is 20.8 Å². The van der Waals surface area contributed by atoms with E-state index in [-0.39, 0.29) is 36.1 Å². The zero-order valence-corrected chi connectivity index (χ0v) is 19.0. The summed E-state index contributed by atoms with van der Waals surface area (Å²) in [6.07, 6.45) is 1.29. The monoisotopic (exact) mass is 494 g/mol. The van der Waals surface area contributed by atoms with Crippen molar-refractivity contribution in [3.8, 4) is 17.1 Å². The maximum absolute atomic E-state index is 13.6. The Morgan fingerprint density at radius 2 is 1.94 bits per heavy atom. The van der Waals surface area contributed by atoms with Crippen LogP contribution >= 0.6 is 0 Å². The summed E-state index contributed by atoms with van der Waals surface area (Å²) in [5.41, 5.74) is 2.49. The van der Waals surface area contributed by atoms with Gasteiger partial charge in [0.15, 0.2) is 11.4 Å². The number of aliphatic hydroxyl groups excluding tert-OH is 2. The number of primary amides is 1. The van der Waals surface area contributed by atoms with Crippen LogP contribution in [0.4, 0.5) is 0 Å². The Kier molecular flexibility index (Phi) is 5.25. The quantitative estimate of drug-likeness (QED) is 0.239. The molecule has 3 atom stereocenters. The first kappa shape index (κ1) is 23.4. The van der Waals surface area contributed by atoms with Crippen molar-refractivity contribution in [3.63, 3.8) is 0 Å². The highest BCUT2D eigenvalue weighted by atomic mass is 16.6. The van der Waals surface area contributed by atoms with Gasteiger partial charge < -0.3 is 35.4 Å². The van der Waals surface area contributed by atoms with Crippen LogP contribution in [0, 0.1) is 11.8 Å². The molecule has 3 aliphatic rings. The highest BCUT2D eigenvalue weighted by Crippen LogP contribution is 2.52. The molecule has 3 aliphatic carbocycles. The molecule has 0 bridgehead atoms. The molecule has 2 aromatic rings. The molecule has 1 aromatic carbocycles. The first-order valence-corrected chi connectivity index (χ1v) is 11.1. The van der Waals surface area contributed by atoms with Crippen LogP contribution in [0.15, 0.2) is 56.5 Å². The number of fused-ring (bicyclic) bond motifs is 3. The first-order chi connectivity index (χ1) is 17.1. The SMILES string of the molecule is CO/N=C/c1ccc(-c2ccc(O)c3c2C[C@H]2C[C@H]4CC(O)=C(C(N)=O)C(=O)[C@@]4(O)C(O)=C2C3=O)o1. The van der Waals surface area contributed by atoms with E-state index in [0.717, 1.165) is 0 Å². The fourth-order valence-electron chi connectivity index (χ4n) is 5.52. The van der Waals surface area contributed by atoms with Crippen LogP contribution in [-0.4, -0.2) is 56.8 Å². The van der Waals surface area contributed by atoms with E-state index in [1.165, 1.54) is 19.4 Å². The second-order valence-electron chi connectivity index (χ2n) is 9.02. The Morgan fingerprint density at radius 3 is 2.64 bits per heavy atom. The molecule has 11 heteroatoms. The average Bonchev–Trinajstić information content (AvgIpc) is 3.28. The Labute approximate surface area is 203 Å². The molecule has 1 heterocycles. The van der Waals surface area contributed by atoms with Gasteiger partial charge >= 0.3 is 0 Å². The van der Waals surface area contributed by atoms with Gasteiger partial charge in [-0.3, -0.25) is 14.4 Å². The number of nitrogens with zero attached hydrogens (tertiary/aromatic N) is 1. The number of furan rings is 1. The Bertz CT molecular complexity index is 1430. The van der Waals surface area contributed by atoms with Crippen molar-refractivity contribution in [2.45, 2.75) is 24.9 Å². The Morgan fingerprint density at radius 1 is 1.19 bits per heavy atom. The van der Waals surface area contributed by atoms with Crippen LogP contribution in [0.1, 0.15) is 34.5 Å². The number of benzene rings is 1. The van der Waals surface area contributed by atoms with Gasteiger partial charge in [0.25, 0.3) is 5.91 Å². The summed E-state index contributed by atoms with van der Waals surface area (Å²) >= 11 is 0. The molecule has 5 rings (SSSR count). The number of nitrogens with two attached hydrogens (primary N) is 1. The van der Waals surface area contributed by atoms with E-state index in [1.54, 1.807) is 18.2 Å². The van der Waals surface area contributed by atoms with Gasteiger partial charge in [-0.1, -0.05) is 5.16 Å². The maximum atomic E-state index is 13.6. The number of allylic oxidation sites excluding steroid dienone is 2. The number of aliphatic hydroxyl groups is 3. The largest absolute Gasteiger partial charge is 0.511 e. The van der Waals surface area contributed by atoms with E-state index in [4.69, 9.17) is 10.2 Å². The van der Waals surface area contributed by atoms with Crippen molar-refractivity contribution in [3.05, 3.63) is 63.8 Å². The highest BCUT2D eigenvalue weighted by Gasteiger charge is 2.59. The minimum Gasteiger partial charge on any atom is -0.511 e. The summed E-state index contributed by atoms with van der Waals surface area (Å²) in [7, 11) is 1.39. The number of carbonyl (C=O) groups excluding carboxylic acids is 3. The van der Waals surface area contributed by atoms with Crippen molar-refractivity contribution in [1.29, 1.82) is 0 Å². The molecule has 186 valence electrons. The summed E-state index contributed by atoms with van der Waals surface area (Å²) in [6, 6.07) is 6.24. The number of rotatable bonds is 4. The summed E-state index contributed by atoms with van der Waals surface area (Å²) in [4.78, 5) is 43.0. The molecule has 0 saturated heterocycles. The molecular formula is C25H22N2O9. The topological polar surface area (TPSA) is 193 Å². The summed E-state index contributed by atoms with van der Waals surface area (Å²) in [5.74, 6) is -5.92. The second kappa shape index (κ2) is 8.09. The van der Waals surface area contributed by atoms with E-state index in [1.807, 2.05) is 0 Å². The van der Waals surface area contributed by atoms with Gasteiger partial charge in [0.1, 0.15) is 47.7 Å². The van der Waals surface area contributed by atoms with Gasteiger partial charge in [-0.15, -0.1) is 0 Å². The number of aromatic hydroxyl groups is 1. The van der Waals surface area contributed by atoms with E-state index >= 15 is 0 Å². The van der Waals surface area contributed by atoms with E-state index < -0.39 is 52.0 Å². The van der Waals surface area contributed by atoms with Crippen molar-refractivity contribution >= 4 is 23.7 Å². The van der Waals surface area contributed by atoms with Crippen LogP contribution in [0.3, 0.4) is 0 Å². The normalized spacial score (nSPS) is 25.6. The van der Waals surface area contributed by atoms with Gasteiger partial charge in [0, 0.05) is 23.5 Å². The standard InChI is InChI=1S/C25H22N2O9/c1-35-27-9-12-2-5-17(36-12)13-3-4-15(28)19-14(13)7-10-6-11-8-16(29)20(24(26)33)23(32)25(11,34)22(31)18(10)21(19)30/h2-5,9-11,28-29,31,34H,6-8H2,1H3,(H2,26,33)/b27-9+/t10-,11+,25+/m1/s1. The average molecular weight is 494 g/mol. The number of ketones is 2. The Hall–Kier alpha value is -4.38. The zero-order chi connectivity index (χ0) is 25.9. The summed E-state index contributed by atoms with van der Waals surface area (Å²) < 4.78 is 5.78. The fourth-order valence-corrected chi connectivity index (χ4v) is 5.52. The predicted octanol–water partition coefficient (Wildman–Crippen LogP) is 1.82. The van der Waals surface area contributed by atoms with Gasteiger partial charge in [-0.2, -0.15) is 0 Å². The van der Waals surface area contributed by atoms with Gasteiger partial charge in [-0.05, 0) is 48.6 Å². The van der Waals surface area contributed by atoms with Crippen LogP contribution < -0.4 is 5.73 Å². The second-order valence-corrected chi connectivity index (χ2v) is 9.02. The van der Waals surface area contributed by atoms with E-state index in [9.17, 15) is 34.8 Å². The van der Waals surface area contributed by atoms with E-state index in [0.29, 0.717) is 22.6 Å². The zero-order valence-electron chi connectivity index (χ0n) is 19.0. The van der Waals surface area contributed by atoms with Gasteiger partial charge in [-0.25, -0.2) is 0 Å². The number of carbonyl (C=O) groups is 3. The fraction of sp³-hybridized carbons (Fsp3) is 0.280. The third-order valence-corrected chi connectivity index (χ3v) is 7.12. The lowest BCUT2D eigenvalue weighted by Crippen LogP contribution is -2.57. The number of hydrogen-bond acceptors (Lipinski definition) is 10. The molecule has 0 radical (unpaired) electrons. The number of amides is 1. The summed E-state index contributed by atoms with van der Waals surface area (Å²) in [6.45, 7) is 0. The van der Waals surface area contributed by atoms with Crippen molar-refractivity contribution in [1.82, 2.24) is 0 Å². The molecular weight excluding hydrogens is 472 g/mol. The van der Waals surface area contributed by atoms with Crippen LogP contribution in [0.25, 0.3) is 11.3 Å². The molecule has 1 amide bonds. The molecule has 1 aromatic heterocycles. The lowest BCUT2D eigenvalue weighted by atomic mass is 9.60. The van der Waals surface area contributed by atoms with E-state index in [2.05, 4.69) is 9.99 Å². The molecule has 11 nitrogen and oxygen atoms in total. The maximum Gasteiger partial charge on any atom is 0.255 e. The molecule has 6 N–H and O–H groups in total. The van der Waals surface area contributed by atoms with Crippen molar-refractivity contribution in [2.75, 3.05) is 7.11 Å². The summed E-state index contributed by atoms with van der Waals surface area (Å²) in [5, 5.41) is 46.8. The smallest absolute Gasteiger partial charge is 0.255 e. The molecule has 0 unspecified atom stereocenters. The third-order valence-electron chi connectivity index (χ3n) is 7.12. The van der Waals surface area contributed by atoms with Crippen molar-refractivity contribution in [2.24, 2.45) is 22.7 Å². The minimum absolute atomic E-state index is 0.0436. The predicted molar refractivity (Wildman–Crippen MR) is 123 cm³/mol. The van der Waals surface area contributed by atoms with Crippen molar-refractivity contribution < 1.29 is 44.1 Å². The van der Waals surface area contributed by atoms with Crippen LogP contribution in [0.2, 0.25) is 0 Å². The van der Waals surface area contributed by atoms with Crippen LogP contribution in [0.5, 0.6) is 5.75 Å². The van der Waals surface area contributed by atoms with Gasteiger partial charge in [0.2, 0.25) is 5.78 Å². The number of oxime groups is 1. The molecule has 0 aliphatic heterocycles. The third kappa shape index (κ3) is 3.16. The molecule has 0 spiro atoms. The Balaban J connectivity index is 1.64. The number of phenolic OH excluding ortho intramolecular Hbond substituents is 1. The number of phenols is 1. The lowest BCUT2D eigenvalue weighted by molar-refractivity contribution is -0.144. The number of Topliss-reactive ketones (excluding diaryl/α,β-unsaturated/α-hetero) is 2. The van der Waals surface area contributed by atoms with Gasteiger partial charge in [0.05, 0.1) is 5.56 Å². The lowest BCUT2D eigenvalue weighted by Gasteiger charge is -2.45. The molecule has 0 fully saturated rings. The number of hydrogen-bond donors (Lipinski definition) is 5.